The maximum absolute atomic E-state index is 13.1. The van der Waals surface area contributed by atoms with Crippen molar-refractivity contribution < 1.29 is 4.39 Å². The van der Waals surface area contributed by atoms with E-state index in [1.165, 1.54) is 12.1 Å². The van der Waals surface area contributed by atoms with Gasteiger partial charge in [0.2, 0.25) is 0 Å². The molecule has 0 aliphatic rings. The van der Waals surface area contributed by atoms with Gasteiger partial charge in [-0.1, -0.05) is 26.0 Å². The van der Waals surface area contributed by atoms with Crippen LogP contribution in [0.2, 0.25) is 0 Å². The molecule has 2 aromatic rings. The summed E-state index contributed by atoms with van der Waals surface area (Å²) < 4.78 is 14.1. The predicted molar refractivity (Wildman–Crippen MR) is 87.9 cm³/mol. The van der Waals surface area contributed by atoms with Gasteiger partial charge < -0.3 is 5.32 Å². The topological polar surface area (TPSA) is 24.9 Å². The summed E-state index contributed by atoms with van der Waals surface area (Å²) >= 11 is 3.40. The third kappa shape index (κ3) is 3.89. The average molecular weight is 351 g/mol. The number of halogens is 2. The van der Waals surface area contributed by atoms with Gasteiger partial charge in [-0.15, -0.1) is 0 Å². The molecular weight excluding hydrogens is 331 g/mol. The first kappa shape index (κ1) is 16.1. The highest BCUT2D eigenvalue weighted by Gasteiger charge is 2.30. The standard InChI is InChI=1S/C17H20BrFN2/c1-17(2,12-4-7-14(19)8-5-12)16(20-3)10-15-9-6-13(18)11-21-15/h4-9,11,16,20H,10H2,1-3H3. The van der Waals surface area contributed by atoms with E-state index in [1.807, 2.05) is 37.5 Å². The molecule has 0 radical (unpaired) electrons. The molecule has 1 atom stereocenters. The lowest BCUT2D eigenvalue weighted by Gasteiger charge is -2.35. The summed E-state index contributed by atoms with van der Waals surface area (Å²) in [7, 11) is 1.95. The van der Waals surface area contributed by atoms with Gasteiger partial charge in [0, 0.05) is 34.2 Å². The highest BCUT2D eigenvalue weighted by molar-refractivity contribution is 9.10. The van der Waals surface area contributed by atoms with Gasteiger partial charge in [-0.3, -0.25) is 4.98 Å². The molecule has 21 heavy (non-hydrogen) atoms. The summed E-state index contributed by atoms with van der Waals surface area (Å²) in [4.78, 5) is 4.44. The first-order valence-corrected chi connectivity index (χ1v) is 7.76. The number of rotatable bonds is 5. The first-order chi connectivity index (χ1) is 9.93. The minimum atomic E-state index is -0.204. The molecule has 0 aliphatic heterocycles. The molecule has 0 saturated carbocycles. The van der Waals surface area contributed by atoms with E-state index in [-0.39, 0.29) is 17.3 Å². The maximum atomic E-state index is 13.1. The van der Waals surface area contributed by atoms with E-state index in [2.05, 4.69) is 40.1 Å². The van der Waals surface area contributed by atoms with Crippen molar-refractivity contribution in [3.8, 4) is 0 Å². The zero-order valence-corrected chi connectivity index (χ0v) is 14.1. The molecule has 2 nitrogen and oxygen atoms in total. The molecule has 112 valence electrons. The van der Waals surface area contributed by atoms with E-state index in [0.717, 1.165) is 22.2 Å². The molecule has 0 spiro atoms. The minimum absolute atomic E-state index is 0.128. The van der Waals surface area contributed by atoms with Crippen LogP contribution in [0.3, 0.4) is 0 Å². The van der Waals surface area contributed by atoms with Crippen LogP contribution in [-0.2, 0) is 11.8 Å². The Labute approximate surface area is 133 Å². The van der Waals surface area contributed by atoms with Gasteiger partial charge in [0.15, 0.2) is 0 Å². The van der Waals surface area contributed by atoms with Gasteiger partial charge in [-0.05, 0) is 52.8 Å². The van der Waals surface area contributed by atoms with Crippen LogP contribution in [0.25, 0.3) is 0 Å². The molecule has 2 rings (SSSR count). The van der Waals surface area contributed by atoms with E-state index in [0.29, 0.717) is 0 Å². The molecule has 0 saturated heterocycles. The maximum Gasteiger partial charge on any atom is 0.123 e. The Morgan fingerprint density at radius 2 is 1.86 bits per heavy atom. The average Bonchev–Trinajstić information content (AvgIpc) is 2.47. The second-order valence-corrected chi connectivity index (χ2v) is 6.66. The van der Waals surface area contributed by atoms with Crippen molar-refractivity contribution in [3.05, 3.63) is 64.1 Å². The Morgan fingerprint density at radius 1 is 1.19 bits per heavy atom. The quantitative estimate of drug-likeness (QED) is 0.878. The smallest absolute Gasteiger partial charge is 0.123 e. The molecule has 0 bridgehead atoms. The van der Waals surface area contributed by atoms with Crippen LogP contribution in [0.1, 0.15) is 25.1 Å². The van der Waals surface area contributed by atoms with Gasteiger partial charge >= 0.3 is 0 Å². The molecule has 1 unspecified atom stereocenters. The molecule has 1 N–H and O–H groups in total. The fourth-order valence-electron chi connectivity index (χ4n) is 2.54. The molecule has 1 aromatic heterocycles. The van der Waals surface area contributed by atoms with Crippen LogP contribution in [0.15, 0.2) is 47.1 Å². The zero-order valence-electron chi connectivity index (χ0n) is 12.5. The third-order valence-corrected chi connectivity index (χ3v) is 4.48. The molecule has 0 amide bonds. The Balaban J connectivity index is 2.22. The molecule has 1 heterocycles. The Morgan fingerprint density at radius 3 is 2.38 bits per heavy atom. The van der Waals surface area contributed by atoms with Crippen molar-refractivity contribution >= 4 is 15.9 Å². The highest BCUT2D eigenvalue weighted by atomic mass is 79.9. The highest BCUT2D eigenvalue weighted by Crippen LogP contribution is 2.29. The van der Waals surface area contributed by atoms with Crippen LogP contribution in [0, 0.1) is 5.82 Å². The summed E-state index contributed by atoms with van der Waals surface area (Å²) in [5.74, 6) is -0.204. The second-order valence-electron chi connectivity index (χ2n) is 5.74. The summed E-state index contributed by atoms with van der Waals surface area (Å²) in [5, 5.41) is 3.37. The van der Waals surface area contributed by atoms with E-state index < -0.39 is 0 Å². The number of pyridine rings is 1. The Bertz CT molecular complexity index is 579. The predicted octanol–water partition coefficient (Wildman–Crippen LogP) is 4.09. The number of hydrogen-bond donors (Lipinski definition) is 1. The fraction of sp³-hybridized carbons (Fsp3) is 0.353. The van der Waals surface area contributed by atoms with Crippen LogP contribution >= 0.6 is 15.9 Å². The van der Waals surface area contributed by atoms with Crippen LogP contribution in [-0.4, -0.2) is 18.1 Å². The molecule has 1 aromatic carbocycles. The van der Waals surface area contributed by atoms with Gasteiger partial charge in [-0.25, -0.2) is 4.39 Å². The van der Waals surface area contributed by atoms with Crippen molar-refractivity contribution in [1.82, 2.24) is 10.3 Å². The second kappa shape index (κ2) is 6.67. The summed E-state index contributed by atoms with van der Waals surface area (Å²) in [6.07, 6.45) is 2.63. The molecular formula is C17H20BrFN2. The molecule has 4 heteroatoms. The summed E-state index contributed by atoms with van der Waals surface area (Å²) in [6.45, 7) is 4.33. The third-order valence-electron chi connectivity index (χ3n) is 4.01. The Kier molecular flexibility index (Phi) is 5.12. The summed E-state index contributed by atoms with van der Waals surface area (Å²) in [6, 6.07) is 11.0. The van der Waals surface area contributed by atoms with E-state index in [9.17, 15) is 4.39 Å². The van der Waals surface area contributed by atoms with E-state index in [4.69, 9.17) is 0 Å². The number of aromatic nitrogens is 1. The fourth-order valence-corrected chi connectivity index (χ4v) is 2.77. The number of hydrogen-bond acceptors (Lipinski definition) is 2. The normalized spacial score (nSPS) is 13.2. The number of benzene rings is 1. The largest absolute Gasteiger partial charge is 0.316 e. The SMILES string of the molecule is CNC(Cc1ccc(Br)cn1)C(C)(C)c1ccc(F)cc1. The van der Waals surface area contributed by atoms with Crippen molar-refractivity contribution in [2.45, 2.75) is 31.7 Å². The van der Waals surface area contributed by atoms with Gasteiger partial charge in [-0.2, -0.15) is 0 Å². The van der Waals surface area contributed by atoms with Crippen LogP contribution < -0.4 is 5.32 Å². The number of nitrogens with zero attached hydrogens (tertiary/aromatic N) is 1. The van der Waals surface area contributed by atoms with E-state index >= 15 is 0 Å². The zero-order chi connectivity index (χ0) is 15.5. The number of nitrogens with one attached hydrogen (secondary N) is 1. The lowest BCUT2D eigenvalue weighted by Crippen LogP contribution is -2.44. The van der Waals surface area contributed by atoms with Crippen molar-refractivity contribution in [1.29, 1.82) is 0 Å². The number of likely N-dealkylation sites (N-methyl/N-ethyl adjacent to an activating group) is 1. The first-order valence-electron chi connectivity index (χ1n) is 6.97. The van der Waals surface area contributed by atoms with Crippen molar-refractivity contribution in [2.75, 3.05) is 7.05 Å². The van der Waals surface area contributed by atoms with Crippen LogP contribution in [0.5, 0.6) is 0 Å². The van der Waals surface area contributed by atoms with Gasteiger partial charge in [0.05, 0.1) is 0 Å². The van der Waals surface area contributed by atoms with Crippen molar-refractivity contribution in [3.63, 3.8) is 0 Å². The molecule has 0 aliphatic carbocycles. The summed E-state index contributed by atoms with van der Waals surface area (Å²) in [5.41, 5.74) is 2.02. The lowest BCUT2D eigenvalue weighted by atomic mass is 9.76. The molecule has 0 fully saturated rings. The Hall–Kier alpha value is -1.26. The van der Waals surface area contributed by atoms with Crippen molar-refractivity contribution in [2.24, 2.45) is 0 Å². The van der Waals surface area contributed by atoms with E-state index in [1.54, 1.807) is 0 Å². The van der Waals surface area contributed by atoms with Gasteiger partial charge in [0.1, 0.15) is 5.82 Å². The van der Waals surface area contributed by atoms with Gasteiger partial charge in [0.25, 0.3) is 0 Å². The monoisotopic (exact) mass is 350 g/mol. The minimum Gasteiger partial charge on any atom is -0.316 e. The van der Waals surface area contributed by atoms with Crippen LogP contribution in [0.4, 0.5) is 4.39 Å². The lowest BCUT2D eigenvalue weighted by molar-refractivity contribution is 0.354.